The third-order valence-electron chi connectivity index (χ3n) is 6.09. The molecule has 3 heterocycles. The summed E-state index contributed by atoms with van der Waals surface area (Å²) in [6.07, 6.45) is -25.1. The quantitative estimate of drug-likeness (QED) is 0.154. The van der Waals surface area contributed by atoms with Gasteiger partial charge in [0.25, 0.3) is 0 Å². The van der Waals surface area contributed by atoms with E-state index in [-0.39, 0.29) is 0 Å². The molecule has 0 radical (unpaired) electrons. The molecule has 0 aliphatic carbocycles. The lowest BCUT2D eigenvalue weighted by molar-refractivity contribution is -0.377. The Morgan fingerprint density at radius 1 is 0.441 bits per heavy atom. The first-order chi connectivity index (χ1) is 16.0. The SMILES string of the molecule is OCC1O[C@H](O[C@H]2C(CO)O[C@@H](O[C@@H]3C(CO)OC(O)C(O)[C@@H]3O)C(O)[C@H]2O)C(O)[C@@H](O)[C@@H]1O. The van der Waals surface area contributed by atoms with Gasteiger partial charge in [-0.15, -0.1) is 0 Å². The molecule has 0 bridgehead atoms. The molecule has 0 aromatic rings. The summed E-state index contributed by atoms with van der Waals surface area (Å²) in [6.45, 7) is -2.32. The molecule has 0 spiro atoms. The summed E-state index contributed by atoms with van der Waals surface area (Å²) in [5, 5.41) is 109. The molecule has 34 heavy (non-hydrogen) atoms. The van der Waals surface area contributed by atoms with Crippen LogP contribution in [0.5, 0.6) is 0 Å². The van der Waals surface area contributed by atoms with Crippen LogP contribution in [0.3, 0.4) is 0 Å². The van der Waals surface area contributed by atoms with Crippen LogP contribution >= 0.6 is 0 Å². The Kier molecular flexibility index (Phi) is 9.54. The van der Waals surface area contributed by atoms with E-state index in [1.54, 1.807) is 0 Å². The number of ether oxygens (including phenoxy) is 5. The van der Waals surface area contributed by atoms with Crippen LogP contribution in [0.2, 0.25) is 0 Å². The minimum Gasteiger partial charge on any atom is -0.394 e. The van der Waals surface area contributed by atoms with Crippen LogP contribution in [-0.4, -0.2) is 168 Å². The van der Waals surface area contributed by atoms with Crippen molar-refractivity contribution in [3.05, 3.63) is 0 Å². The lowest BCUT2D eigenvalue weighted by Gasteiger charge is -2.47. The molecule has 0 aromatic carbocycles. The van der Waals surface area contributed by atoms with Gasteiger partial charge in [-0.25, -0.2) is 0 Å². The first-order valence-corrected chi connectivity index (χ1v) is 10.6. The third-order valence-corrected chi connectivity index (χ3v) is 6.09. The average molecular weight is 504 g/mol. The summed E-state index contributed by atoms with van der Waals surface area (Å²) < 4.78 is 26.4. The van der Waals surface area contributed by atoms with Crippen LogP contribution in [-0.2, 0) is 23.7 Å². The summed E-state index contributed by atoms with van der Waals surface area (Å²) >= 11 is 0. The normalized spacial score (nSPS) is 52.5. The van der Waals surface area contributed by atoms with Crippen LogP contribution in [0.15, 0.2) is 0 Å². The van der Waals surface area contributed by atoms with Gasteiger partial charge in [-0.3, -0.25) is 0 Å². The number of hydrogen-bond acceptors (Lipinski definition) is 16. The summed E-state index contributed by atoms with van der Waals surface area (Å²) in [7, 11) is 0. The van der Waals surface area contributed by atoms with Crippen molar-refractivity contribution in [3.8, 4) is 0 Å². The summed E-state index contributed by atoms with van der Waals surface area (Å²) in [5.41, 5.74) is 0. The number of aliphatic hydroxyl groups is 11. The predicted molar refractivity (Wildman–Crippen MR) is 101 cm³/mol. The molecule has 3 aliphatic heterocycles. The minimum atomic E-state index is -1.91. The van der Waals surface area contributed by atoms with Crippen LogP contribution in [0.1, 0.15) is 0 Å². The number of rotatable bonds is 7. The van der Waals surface area contributed by atoms with Gasteiger partial charge in [0, 0.05) is 0 Å². The van der Waals surface area contributed by atoms with Gasteiger partial charge in [-0.1, -0.05) is 0 Å². The van der Waals surface area contributed by atoms with Gasteiger partial charge in [0.15, 0.2) is 18.9 Å². The maximum absolute atomic E-state index is 10.6. The lowest BCUT2D eigenvalue weighted by Crippen LogP contribution is -2.66. The first-order valence-electron chi connectivity index (χ1n) is 10.6. The predicted octanol–water partition coefficient (Wildman–Crippen LogP) is -7.57. The van der Waals surface area contributed by atoms with Crippen LogP contribution in [0.4, 0.5) is 0 Å². The fourth-order valence-corrected chi connectivity index (χ4v) is 4.06. The van der Waals surface area contributed by atoms with Crippen LogP contribution in [0.25, 0.3) is 0 Å². The molecule has 7 unspecified atom stereocenters. The van der Waals surface area contributed by atoms with E-state index in [1.807, 2.05) is 0 Å². The second-order valence-corrected chi connectivity index (χ2v) is 8.33. The molecule has 3 saturated heterocycles. The fraction of sp³-hybridized carbons (Fsp3) is 1.00. The van der Waals surface area contributed by atoms with E-state index in [2.05, 4.69) is 0 Å². The summed E-state index contributed by atoms with van der Waals surface area (Å²) in [5.74, 6) is 0. The van der Waals surface area contributed by atoms with Crippen molar-refractivity contribution in [2.24, 2.45) is 0 Å². The Balaban J connectivity index is 1.72. The zero-order valence-corrected chi connectivity index (χ0v) is 17.7. The standard InChI is InChI=1S/C18H32O16/c19-1-4-7(22)8(23)12(27)17(31-4)34-15-6(3-21)32-18(13(28)10(15)25)33-14-5(2-20)30-16(29)11(26)9(14)24/h4-29H,1-3H2/t4?,5?,6?,7-,8+,9+,10-,11?,12?,13?,14-,15+,16?,17-,18+/m1/s1. The van der Waals surface area contributed by atoms with Gasteiger partial charge in [0.05, 0.1) is 19.8 Å². The van der Waals surface area contributed by atoms with Gasteiger partial charge in [0.2, 0.25) is 0 Å². The molecule has 3 fully saturated rings. The number of aliphatic hydroxyl groups excluding tert-OH is 11. The topological polar surface area (TPSA) is 269 Å². The molecule has 3 aliphatic rings. The molecule has 200 valence electrons. The van der Waals surface area contributed by atoms with E-state index in [0.29, 0.717) is 0 Å². The largest absolute Gasteiger partial charge is 0.394 e. The Labute approximate surface area is 192 Å². The van der Waals surface area contributed by atoms with Crippen molar-refractivity contribution in [2.75, 3.05) is 19.8 Å². The zero-order chi connectivity index (χ0) is 25.3. The smallest absolute Gasteiger partial charge is 0.187 e. The lowest BCUT2D eigenvalue weighted by atomic mass is 9.96. The van der Waals surface area contributed by atoms with Crippen molar-refractivity contribution in [2.45, 2.75) is 92.1 Å². The Bertz CT molecular complexity index is 635. The summed E-state index contributed by atoms with van der Waals surface area (Å²) in [4.78, 5) is 0. The highest BCUT2D eigenvalue weighted by Crippen LogP contribution is 2.32. The molecule has 0 saturated carbocycles. The highest BCUT2D eigenvalue weighted by atomic mass is 16.8. The number of hydrogen-bond donors (Lipinski definition) is 11. The van der Waals surface area contributed by atoms with Gasteiger partial charge in [-0.05, 0) is 0 Å². The van der Waals surface area contributed by atoms with Gasteiger partial charge in [-0.2, -0.15) is 0 Å². The molecule has 0 amide bonds. The Morgan fingerprint density at radius 2 is 0.853 bits per heavy atom. The molecule has 16 nitrogen and oxygen atoms in total. The molecule has 16 heteroatoms. The molecule has 0 aromatic heterocycles. The maximum Gasteiger partial charge on any atom is 0.187 e. The van der Waals surface area contributed by atoms with Gasteiger partial charge >= 0.3 is 0 Å². The molecular formula is C18H32O16. The molecule has 3 rings (SSSR count). The maximum atomic E-state index is 10.6. The summed E-state index contributed by atoms with van der Waals surface area (Å²) in [6, 6.07) is 0. The monoisotopic (exact) mass is 504 g/mol. The van der Waals surface area contributed by atoms with Crippen molar-refractivity contribution < 1.29 is 79.9 Å². The second kappa shape index (κ2) is 11.6. The van der Waals surface area contributed by atoms with E-state index >= 15 is 0 Å². The van der Waals surface area contributed by atoms with Crippen molar-refractivity contribution >= 4 is 0 Å². The van der Waals surface area contributed by atoms with E-state index in [4.69, 9.17) is 23.7 Å². The third kappa shape index (κ3) is 5.37. The Morgan fingerprint density at radius 3 is 1.35 bits per heavy atom. The van der Waals surface area contributed by atoms with E-state index in [0.717, 1.165) is 0 Å². The zero-order valence-electron chi connectivity index (χ0n) is 17.7. The minimum absolute atomic E-state index is 0.741. The highest BCUT2D eigenvalue weighted by Gasteiger charge is 2.53. The van der Waals surface area contributed by atoms with Gasteiger partial charge in [0.1, 0.15) is 73.2 Å². The van der Waals surface area contributed by atoms with Crippen molar-refractivity contribution in [1.29, 1.82) is 0 Å². The molecule has 15 atom stereocenters. The fourth-order valence-electron chi connectivity index (χ4n) is 4.06. The van der Waals surface area contributed by atoms with E-state index in [1.165, 1.54) is 0 Å². The highest BCUT2D eigenvalue weighted by molar-refractivity contribution is 4.96. The average Bonchev–Trinajstić information content (AvgIpc) is 2.83. The first kappa shape index (κ1) is 27.9. The Hall–Kier alpha value is -0.640. The van der Waals surface area contributed by atoms with Crippen molar-refractivity contribution in [3.63, 3.8) is 0 Å². The molecule has 11 N–H and O–H groups in total. The van der Waals surface area contributed by atoms with E-state index < -0.39 is 112 Å². The van der Waals surface area contributed by atoms with Crippen LogP contribution < -0.4 is 0 Å². The van der Waals surface area contributed by atoms with Crippen molar-refractivity contribution in [1.82, 2.24) is 0 Å². The van der Waals surface area contributed by atoms with Crippen LogP contribution in [0, 0.1) is 0 Å². The van der Waals surface area contributed by atoms with Gasteiger partial charge < -0.3 is 79.9 Å². The second-order valence-electron chi connectivity index (χ2n) is 8.33. The molecular weight excluding hydrogens is 472 g/mol. The van der Waals surface area contributed by atoms with E-state index in [9.17, 15) is 56.2 Å².